The Balaban J connectivity index is 1.80. The molecule has 0 aromatic rings. The van der Waals surface area contributed by atoms with Crippen molar-refractivity contribution in [3.63, 3.8) is 0 Å². The molecule has 0 bridgehead atoms. The summed E-state index contributed by atoms with van der Waals surface area (Å²) in [6.45, 7) is 12.4. The molecule has 202 valence electrons. The van der Waals surface area contributed by atoms with Gasteiger partial charge in [0.25, 0.3) is 0 Å². The van der Waals surface area contributed by atoms with Gasteiger partial charge in [-0.1, -0.05) is 70.3 Å². The molecule has 0 radical (unpaired) electrons. The van der Waals surface area contributed by atoms with Crippen LogP contribution in [-0.2, 0) is 0 Å². The van der Waals surface area contributed by atoms with Crippen LogP contribution in [0, 0.1) is 28.6 Å². The monoisotopic (exact) mass is 490 g/mol. The van der Waals surface area contributed by atoms with Crippen molar-refractivity contribution in [3.8, 4) is 0 Å². The van der Waals surface area contributed by atoms with E-state index < -0.39 is 23.9 Å². The molecular formula is C31H54O4. The maximum absolute atomic E-state index is 10.6. The van der Waals surface area contributed by atoms with Crippen LogP contribution >= 0.6 is 0 Å². The molecule has 0 saturated heterocycles. The molecule has 0 spiro atoms. The highest BCUT2D eigenvalue weighted by Gasteiger charge is 2.51. The van der Waals surface area contributed by atoms with Crippen molar-refractivity contribution in [2.45, 2.75) is 143 Å². The molecule has 4 N–H and O–H groups in total. The molecule has 35 heavy (non-hydrogen) atoms. The van der Waals surface area contributed by atoms with Crippen molar-refractivity contribution in [2.75, 3.05) is 0 Å². The van der Waals surface area contributed by atoms with Crippen LogP contribution < -0.4 is 0 Å². The van der Waals surface area contributed by atoms with Crippen LogP contribution in [-0.4, -0.2) is 44.3 Å². The van der Waals surface area contributed by atoms with Crippen molar-refractivity contribution in [3.05, 3.63) is 23.3 Å². The number of unbranched alkanes of at least 4 members (excludes halogenated alkanes) is 1. The Morgan fingerprint density at radius 3 is 2.43 bits per heavy atom. The Bertz CT molecular complexity index is 760. The predicted molar refractivity (Wildman–Crippen MR) is 144 cm³/mol. The first-order valence-corrected chi connectivity index (χ1v) is 14.5. The third kappa shape index (κ3) is 6.43. The van der Waals surface area contributed by atoms with Gasteiger partial charge in [-0.15, -0.1) is 0 Å². The minimum Gasteiger partial charge on any atom is -0.393 e. The van der Waals surface area contributed by atoms with E-state index in [1.807, 2.05) is 0 Å². The van der Waals surface area contributed by atoms with Crippen molar-refractivity contribution < 1.29 is 20.4 Å². The van der Waals surface area contributed by atoms with Crippen molar-refractivity contribution in [1.82, 2.24) is 0 Å². The number of fused-ring (bicyclic) bond motifs is 1. The number of aliphatic hydroxyl groups excluding tert-OH is 3. The molecule has 3 aliphatic rings. The van der Waals surface area contributed by atoms with Crippen LogP contribution in [0.4, 0.5) is 0 Å². The van der Waals surface area contributed by atoms with Gasteiger partial charge in [0.15, 0.2) is 0 Å². The van der Waals surface area contributed by atoms with Gasteiger partial charge in [-0.25, -0.2) is 0 Å². The summed E-state index contributed by atoms with van der Waals surface area (Å²) in [5, 5.41) is 41.6. The van der Waals surface area contributed by atoms with Crippen LogP contribution in [0.2, 0.25) is 0 Å². The second-order valence-electron chi connectivity index (χ2n) is 13.5. The Hall–Kier alpha value is -0.680. The lowest BCUT2D eigenvalue weighted by atomic mass is 9.60. The van der Waals surface area contributed by atoms with E-state index in [0.717, 1.165) is 12.8 Å². The van der Waals surface area contributed by atoms with Crippen LogP contribution in [0.3, 0.4) is 0 Å². The molecule has 0 aromatic heterocycles. The quantitative estimate of drug-likeness (QED) is 0.305. The van der Waals surface area contributed by atoms with Crippen molar-refractivity contribution in [2.24, 2.45) is 28.6 Å². The van der Waals surface area contributed by atoms with Crippen molar-refractivity contribution >= 4 is 0 Å². The van der Waals surface area contributed by atoms with E-state index in [9.17, 15) is 20.4 Å². The van der Waals surface area contributed by atoms with Crippen molar-refractivity contribution in [1.29, 1.82) is 0 Å². The number of hydrogen-bond acceptors (Lipinski definition) is 4. The molecule has 3 rings (SSSR count). The van der Waals surface area contributed by atoms with Gasteiger partial charge in [0, 0.05) is 11.8 Å². The fourth-order valence-corrected chi connectivity index (χ4v) is 7.65. The predicted octanol–water partition coefficient (Wildman–Crippen LogP) is 6.32. The van der Waals surface area contributed by atoms with E-state index in [4.69, 9.17) is 0 Å². The highest BCUT2D eigenvalue weighted by Crippen LogP contribution is 2.60. The second-order valence-corrected chi connectivity index (χ2v) is 13.5. The van der Waals surface area contributed by atoms with E-state index in [0.29, 0.717) is 42.4 Å². The zero-order valence-electron chi connectivity index (χ0n) is 23.4. The molecule has 3 aliphatic carbocycles. The molecule has 4 nitrogen and oxygen atoms in total. The van der Waals surface area contributed by atoms with Gasteiger partial charge in [-0.2, -0.15) is 0 Å². The molecule has 7 atom stereocenters. The molecule has 0 amide bonds. The van der Waals surface area contributed by atoms with Gasteiger partial charge in [-0.3, -0.25) is 0 Å². The van der Waals surface area contributed by atoms with E-state index >= 15 is 0 Å². The largest absolute Gasteiger partial charge is 0.393 e. The van der Waals surface area contributed by atoms with Crippen LogP contribution in [0.25, 0.3) is 0 Å². The summed E-state index contributed by atoms with van der Waals surface area (Å²) in [4.78, 5) is 0. The second kappa shape index (κ2) is 11.4. The minimum atomic E-state index is -1.04. The summed E-state index contributed by atoms with van der Waals surface area (Å²) >= 11 is 0. The van der Waals surface area contributed by atoms with E-state index in [1.165, 1.54) is 50.5 Å². The Labute approximate surface area is 214 Å². The molecule has 4 heteroatoms. The highest BCUT2D eigenvalue weighted by atomic mass is 16.3. The van der Waals surface area contributed by atoms with Gasteiger partial charge in [0.05, 0.1) is 23.9 Å². The third-order valence-corrected chi connectivity index (χ3v) is 10.3. The SMILES string of the molecule is CCCC[C@@H](CC[C@@H](O)C(C)(C)O)[C@H]1CC[C@H]2/C(=C/C=C3/C[C@@H](O)C[C@H](O)C3(C)C)CCC[C@]12C. The summed E-state index contributed by atoms with van der Waals surface area (Å²) in [5.41, 5.74) is 1.69. The number of rotatable bonds is 9. The average Bonchev–Trinajstić information content (AvgIpc) is 3.12. The van der Waals surface area contributed by atoms with E-state index in [1.54, 1.807) is 19.4 Å². The zero-order chi connectivity index (χ0) is 26.0. The zero-order valence-corrected chi connectivity index (χ0v) is 23.4. The standard InChI is InChI=1S/C31H54O4/c1-7-8-10-21(13-17-27(33)30(4,5)35)25-15-16-26-22(11-9-18-31(25,26)6)12-14-23-19-24(32)20-28(34)29(23,2)3/h12,14,21,24-28,32-35H,7-11,13,15-20H2,1-6H3/b22-12+,23-14-/t21-,24+,25+,26-,27+,28-,31+/m0/s1. The van der Waals surface area contributed by atoms with Gasteiger partial charge in [0.1, 0.15) is 0 Å². The molecule has 3 fully saturated rings. The van der Waals surface area contributed by atoms with Gasteiger partial charge < -0.3 is 20.4 Å². The lowest BCUT2D eigenvalue weighted by Gasteiger charge is -2.45. The molecule has 0 aliphatic heterocycles. The number of aliphatic hydroxyl groups is 4. The average molecular weight is 491 g/mol. The summed E-state index contributed by atoms with van der Waals surface area (Å²) in [5.74, 6) is 1.87. The van der Waals surface area contributed by atoms with Crippen LogP contribution in [0.15, 0.2) is 23.3 Å². The summed E-state index contributed by atoms with van der Waals surface area (Å²) in [6, 6.07) is 0. The first-order chi connectivity index (χ1) is 16.3. The Kier molecular flexibility index (Phi) is 9.39. The van der Waals surface area contributed by atoms with Gasteiger partial charge >= 0.3 is 0 Å². The first-order valence-electron chi connectivity index (χ1n) is 14.5. The maximum Gasteiger partial charge on any atom is 0.0849 e. The fourth-order valence-electron chi connectivity index (χ4n) is 7.65. The molecule has 0 unspecified atom stereocenters. The minimum absolute atomic E-state index is 0.293. The summed E-state index contributed by atoms with van der Waals surface area (Å²) in [6.07, 6.45) is 15.5. The first kappa shape index (κ1) is 28.9. The van der Waals surface area contributed by atoms with Gasteiger partial charge in [0.2, 0.25) is 0 Å². The summed E-state index contributed by atoms with van der Waals surface area (Å²) in [7, 11) is 0. The van der Waals surface area contributed by atoms with E-state index in [-0.39, 0.29) is 5.41 Å². The highest BCUT2D eigenvalue weighted by molar-refractivity contribution is 5.29. The molecular weight excluding hydrogens is 436 g/mol. The number of hydrogen-bond donors (Lipinski definition) is 4. The topological polar surface area (TPSA) is 80.9 Å². The van der Waals surface area contributed by atoms with Gasteiger partial charge in [-0.05, 0) is 88.4 Å². The normalized spacial score (nSPS) is 37.4. The lowest BCUT2D eigenvalue weighted by Crippen LogP contribution is -2.40. The van der Waals surface area contributed by atoms with Crippen LogP contribution in [0.1, 0.15) is 119 Å². The molecule has 0 heterocycles. The maximum atomic E-state index is 10.6. The Morgan fingerprint density at radius 2 is 1.77 bits per heavy atom. The summed E-state index contributed by atoms with van der Waals surface area (Å²) < 4.78 is 0. The smallest absolute Gasteiger partial charge is 0.0849 e. The molecule has 0 aromatic carbocycles. The number of allylic oxidation sites excluding steroid dienone is 3. The third-order valence-electron chi connectivity index (χ3n) is 10.3. The fraction of sp³-hybridized carbons (Fsp3) is 0.871. The Morgan fingerprint density at radius 1 is 1.06 bits per heavy atom. The lowest BCUT2D eigenvalue weighted by molar-refractivity contribution is -0.0562. The molecule has 3 saturated carbocycles. The van der Waals surface area contributed by atoms with Crippen LogP contribution in [0.5, 0.6) is 0 Å². The van der Waals surface area contributed by atoms with E-state index in [2.05, 4.69) is 39.8 Å².